The number of sulfonamides is 1. The van der Waals surface area contributed by atoms with E-state index in [9.17, 15) is 13.2 Å². The third kappa shape index (κ3) is 3.50. The second kappa shape index (κ2) is 5.79. The Morgan fingerprint density at radius 2 is 2.12 bits per heavy atom. The lowest BCUT2D eigenvalue weighted by molar-refractivity contribution is -0.137. The van der Waals surface area contributed by atoms with E-state index in [1.807, 2.05) is 0 Å². The first-order valence-corrected chi connectivity index (χ1v) is 8.30. The van der Waals surface area contributed by atoms with Gasteiger partial charge < -0.3 is 5.11 Å². The lowest BCUT2D eigenvalue weighted by Crippen LogP contribution is -2.35. The number of hydrogen-bond acceptors (Lipinski definition) is 4. The molecule has 0 aliphatic rings. The number of carboxylic acid groups (broad SMARTS) is 1. The maximum absolute atomic E-state index is 12.2. The fraction of sp³-hybridized carbons (Fsp3) is 0.375. The Labute approximate surface area is 120 Å². The van der Waals surface area contributed by atoms with E-state index in [0.29, 0.717) is 7.57 Å². The van der Waals surface area contributed by atoms with E-state index in [4.69, 9.17) is 5.11 Å². The van der Waals surface area contributed by atoms with Crippen LogP contribution in [-0.4, -0.2) is 36.9 Å². The lowest BCUT2D eigenvalue weighted by atomic mass is 10.6. The van der Waals surface area contributed by atoms with Gasteiger partial charge in [0.05, 0.1) is 7.57 Å². The average molecular weight is 407 g/mol. The van der Waals surface area contributed by atoms with Crippen LogP contribution in [0.3, 0.4) is 0 Å². The van der Waals surface area contributed by atoms with Crippen molar-refractivity contribution < 1.29 is 18.3 Å². The van der Waals surface area contributed by atoms with Gasteiger partial charge in [-0.1, -0.05) is 6.92 Å². The van der Waals surface area contributed by atoms with Crippen molar-refractivity contribution in [1.29, 1.82) is 0 Å². The second-order valence-electron chi connectivity index (χ2n) is 3.01. The summed E-state index contributed by atoms with van der Waals surface area (Å²) in [6, 6.07) is 1.45. The first-order valence-electron chi connectivity index (χ1n) is 4.45. The Morgan fingerprint density at radius 1 is 1.53 bits per heavy atom. The minimum Gasteiger partial charge on any atom is -0.480 e. The van der Waals surface area contributed by atoms with Crippen LogP contribution in [0, 0.1) is 0 Å². The number of nitrogens with zero attached hydrogens (tertiary/aromatic N) is 1. The van der Waals surface area contributed by atoms with Crippen LogP contribution in [0.2, 0.25) is 0 Å². The summed E-state index contributed by atoms with van der Waals surface area (Å²) < 4.78 is 26.3. The zero-order chi connectivity index (χ0) is 13.2. The van der Waals surface area contributed by atoms with Gasteiger partial charge in [0, 0.05) is 6.54 Å². The first-order chi connectivity index (χ1) is 7.78. The second-order valence-corrected chi connectivity index (χ2v) is 8.67. The molecule has 0 aliphatic carbocycles. The van der Waals surface area contributed by atoms with Crippen molar-refractivity contribution in [2.45, 2.75) is 11.8 Å². The van der Waals surface area contributed by atoms with Gasteiger partial charge in [-0.15, -0.1) is 11.3 Å². The van der Waals surface area contributed by atoms with Crippen LogP contribution in [0.5, 0.6) is 0 Å². The fourth-order valence-electron chi connectivity index (χ4n) is 1.16. The van der Waals surface area contributed by atoms with Gasteiger partial charge in [-0.25, -0.2) is 8.42 Å². The summed E-state index contributed by atoms with van der Waals surface area (Å²) in [6.45, 7) is 1.16. The lowest BCUT2D eigenvalue weighted by Gasteiger charge is -2.17. The van der Waals surface area contributed by atoms with Crippen LogP contribution in [0.1, 0.15) is 6.92 Å². The molecule has 0 aromatic carbocycles. The predicted molar refractivity (Wildman–Crippen MR) is 71.8 cm³/mol. The molecular formula is C8H9Br2NO4S2. The largest absolute Gasteiger partial charge is 0.480 e. The Kier molecular flexibility index (Phi) is 5.14. The third-order valence-corrected chi connectivity index (χ3v) is 6.58. The molecule has 5 nitrogen and oxygen atoms in total. The van der Waals surface area contributed by atoms with E-state index in [1.165, 1.54) is 17.4 Å². The molecule has 1 rings (SSSR count). The van der Waals surface area contributed by atoms with Gasteiger partial charge in [0.1, 0.15) is 11.4 Å². The van der Waals surface area contributed by atoms with Crippen LogP contribution < -0.4 is 0 Å². The van der Waals surface area contributed by atoms with Gasteiger partial charge >= 0.3 is 5.97 Å². The maximum atomic E-state index is 12.2. The van der Waals surface area contributed by atoms with Crippen LogP contribution in [0.15, 0.2) is 18.5 Å². The molecule has 1 heterocycles. The number of halogens is 2. The van der Waals surface area contributed by atoms with Crippen molar-refractivity contribution in [2.75, 3.05) is 13.1 Å². The molecule has 96 valence electrons. The summed E-state index contributed by atoms with van der Waals surface area (Å²) in [5, 5.41) is 8.68. The highest BCUT2D eigenvalue weighted by atomic mass is 79.9. The molecule has 1 aromatic heterocycles. The van der Waals surface area contributed by atoms with Gasteiger partial charge in [0.25, 0.3) is 0 Å². The van der Waals surface area contributed by atoms with E-state index >= 15 is 0 Å². The standard InChI is InChI=1S/C8H9Br2NO4S2/c1-2-11(4-7(12)13)17(14,15)5-3-6(9)16-8(5)10/h3H,2,4H2,1H3,(H,12,13). The number of carboxylic acids is 1. The zero-order valence-electron chi connectivity index (χ0n) is 8.68. The van der Waals surface area contributed by atoms with E-state index in [-0.39, 0.29) is 11.4 Å². The molecule has 0 unspecified atom stereocenters. The maximum Gasteiger partial charge on any atom is 0.318 e. The molecule has 1 aromatic rings. The summed E-state index contributed by atoms with van der Waals surface area (Å²) in [7, 11) is -3.77. The van der Waals surface area contributed by atoms with Gasteiger partial charge in [0.2, 0.25) is 10.0 Å². The highest BCUT2D eigenvalue weighted by Gasteiger charge is 2.28. The van der Waals surface area contributed by atoms with E-state index in [1.54, 1.807) is 6.92 Å². The minimum atomic E-state index is -3.77. The number of aliphatic carboxylic acids is 1. The number of carbonyl (C=O) groups is 1. The Balaban J connectivity index is 3.17. The van der Waals surface area contributed by atoms with Crippen molar-refractivity contribution in [2.24, 2.45) is 0 Å². The van der Waals surface area contributed by atoms with Gasteiger partial charge in [-0.3, -0.25) is 4.79 Å². The number of rotatable bonds is 5. The average Bonchev–Trinajstić information content (AvgIpc) is 2.54. The van der Waals surface area contributed by atoms with Gasteiger partial charge in [0.15, 0.2) is 0 Å². The van der Waals surface area contributed by atoms with Crippen LogP contribution >= 0.6 is 43.2 Å². The monoisotopic (exact) mass is 405 g/mol. The topological polar surface area (TPSA) is 74.7 Å². The molecule has 17 heavy (non-hydrogen) atoms. The molecule has 0 radical (unpaired) electrons. The molecule has 0 spiro atoms. The normalized spacial score (nSPS) is 12.0. The van der Waals surface area contributed by atoms with Gasteiger partial charge in [-0.05, 0) is 37.9 Å². The summed E-state index contributed by atoms with van der Waals surface area (Å²) in [5.74, 6) is -1.18. The summed E-state index contributed by atoms with van der Waals surface area (Å²) in [5.41, 5.74) is 0. The quantitative estimate of drug-likeness (QED) is 0.814. The minimum absolute atomic E-state index is 0.0810. The van der Waals surface area contributed by atoms with Crippen LogP contribution in [-0.2, 0) is 14.8 Å². The number of thiophene rings is 1. The van der Waals surface area contributed by atoms with Crippen molar-refractivity contribution in [3.63, 3.8) is 0 Å². The molecule has 0 atom stereocenters. The highest BCUT2D eigenvalue weighted by Crippen LogP contribution is 2.36. The molecule has 0 saturated heterocycles. The third-order valence-electron chi connectivity index (χ3n) is 1.91. The van der Waals surface area contributed by atoms with E-state index in [0.717, 1.165) is 4.31 Å². The molecule has 0 amide bonds. The molecule has 1 N–H and O–H groups in total. The molecule has 0 saturated carbocycles. The van der Waals surface area contributed by atoms with Crippen LogP contribution in [0.25, 0.3) is 0 Å². The van der Waals surface area contributed by atoms with Crippen LogP contribution in [0.4, 0.5) is 0 Å². The Bertz CT molecular complexity index is 526. The molecule has 0 bridgehead atoms. The highest BCUT2D eigenvalue weighted by molar-refractivity contribution is 9.12. The summed E-state index contributed by atoms with van der Waals surface area (Å²) in [6.07, 6.45) is 0. The Morgan fingerprint density at radius 3 is 2.47 bits per heavy atom. The first kappa shape index (κ1) is 15.1. The molecule has 9 heteroatoms. The van der Waals surface area contributed by atoms with E-state index in [2.05, 4.69) is 31.9 Å². The SMILES string of the molecule is CCN(CC(=O)O)S(=O)(=O)c1cc(Br)sc1Br. The number of likely N-dealkylation sites (N-methyl/N-ethyl adjacent to an activating group) is 1. The summed E-state index contributed by atoms with van der Waals surface area (Å²) in [4.78, 5) is 10.7. The van der Waals surface area contributed by atoms with E-state index < -0.39 is 22.5 Å². The van der Waals surface area contributed by atoms with Crippen molar-refractivity contribution >= 4 is 59.2 Å². The molecular weight excluding hydrogens is 398 g/mol. The van der Waals surface area contributed by atoms with Crippen molar-refractivity contribution in [3.8, 4) is 0 Å². The predicted octanol–water partition coefficient (Wildman–Crippen LogP) is 2.37. The molecule has 0 fully saturated rings. The van der Waals surface area contributed by atoms with Crippen molar-refractivity contribution in [3.05, 3.63) is 13.6 Å². The van der Waals surface area contributed by atoms with Gasteiger partial charge in [-0.2, -0.15) is 4.31 Å². The van der Waals surface area contributed by atoms with Crippen molar-refractivity contribution in [1.82, 2.24) is 4.31 Å². The Hall–Kier alpha value is 0.0400. The smallest absolute Gasteiger partial charge is 0.318 e. The zero-order valence-corrected chi connectivity index (χ0v) is 13.5. The molecule has 0 aliphatic heterocycles. The fourth-order valence-corrected chi connectivity index (χ4v) is 6.32. The number of hydrogen-bond donors (Lipinski definition) is 1. The summed E-state index contributed by atoms with van der Waals surface area (Å²) >= 11 is 7.56.